The molecule has 8 nitrogen and oxygen atoms in total. The third-order valence-corrected chi connectivity index (χ3v) is 4.81. The van der Waals surface area contributed by atoms with E-state index in [1.807, 2.05) is 83.7 Å². The molecule has 2 aromatic rings. The van der Waals surface area contributed by atoms with Gasteiger partial charge in [0, 0.05) is 16.5 Å². The minimum atomic E-state index is -6.00. The molecule has 228 valence electrons. The number of aliphatic hydroxyl groups excluding tert-OH is 2. The van der Waals surface area contributed by atoms with Crippen LogP contribution in [0.3, 0.4) is 0 Å². The van der Waals surface area contributed by atoms with Gasteiger partial charge in [-0.1, -0.05) is 0 Å². The van der Waals surface area contributed by atoms with Crippen molar-refractivity contribution >= 4 is 25.9 Å². The number of hydrogen-bond donors (Lipinski definition) is 2. The van der Waals surface area contributed by atoms with E-state index in [0.29, 0.717) is 13.1 Å². The summed E-state index contributed by atoms with van der Waals surface area (Å²) in [4.78, 5) is 9.26. The maximum Gasteiger partial charge on any atom is 0.673 e. The van der Waals surface area contributed by atoms with Crippen LogP contribution in [0.1, 0.15) is 39.8 Å². The number of aryl methyl sites for hydroxylation is 2. The predicted octanol–water partition coefficient (Wildman–Crippen LogP) is 3.00. The second kappa shape index (κ2) is 17.4. The molecule has 2 aromatic heterocycles. The average Bonchev–Trinajstić information content (AvgIpc) is 3.30. The third-order valence-electron chi connectivity index (χ3n) is 4.81. The first-order valence-electron chi connectivity index (χ1n) is 11.4. The van der Waals surface area contributed by atoms with E-state index in [9.17, 15) is 44.7 Å². The van der Waals surface area contributed by atoms with Crippen LogP contribution in [-0.2, 0) is 30.6 Å². The predicted molar refractivity (Wildman–Crippen MR) is 129 cm³/mol. The standard InChI is InChI=1S/C20H34N6O2.2BF4.Ni/c1-15(19(17(3)27)25-11-9-23(5)13-25)21-7-8-22-16(2)20(18(4)28)26-12-10-24(6)14-26;2*2-1(3,4)5;/h9-14,17-20,27-28H,7-8H2,1-6H3;;;/q+2;2*-1;. The number of aromatic nitrogens is 4. The fourth-order valence-corrected chi connectivity index (χ4v) is 3.54. The van der Waals surface area contributed by atoms with Crippen molar-refractivity contribution in [3.8, 4) is 0 Å². The maximum absolute atomic E-state index is 10.2. The second-order valence-corrected chi connectivity index (χ2v) is 8.46. The van der Waals surface area contributed by atoms with Crippen LogP contribution in [0.4, 0.5) is 34.5 Å². The van der Waals surface area contributed by atoms with Crippen molar-refractivity contribution in [2.24, 2.45) is 24.1 Å². The largest absolute Gasteiger partial charge is 0.673 e. The second-order valence-electron chi connectivity index (χ2n) is 8.46. The van der Waals surface area contributed by atoms with Gasteiger partial charge in [0.25, 0.3) is 0 Å². The van der Waals surface area contributed by atoms with E-state index in [4.69, 9.17) is 0 Å². The van der Waals surface area contributed by atoms with E-state index in [-0.39, 0.29) is 28.6 Å². The molecule has 0 bridgehead atoms. The van der Waals surface area contributed by atoms with Crippen molar-refractivity contribution in [1.82, 2.24) is 9.13 Å². The van der Waals surface area contributed by atoms with Crippen LogP contribution in [0.25, 0.3) is 0 Å². The minimum Gasteiger partial charge on any atom is -0.418 e. The number of aliphatic hydroxyl groups is 2. The Morgan fingerprint density at radius 3 is 1.15 bits per heavy atom. The summed E-state index contributed by atoms with van der Waals surface area (Å²) in [5.41, 5.74) is 1.73. The summed E-state index contributed by atoms with van der Waals surface area (Å²) in [6.45, 7) is 8.49. The van der Waals surface area contributed by atoms with Crippen molar-refractivity contribution in [2.45, 2.75) is 52.0 Å². The van der Waals surface area contributed by atoms with Crippen LogP contribution < -0.4 is 9.13 Å². The topological polar surface area (TPSA) is 82.8 Å². The van der Waals surface area contributed by atoms with Gasteiger partial charge in [-0.25, -0.2) is 18.3 Å². The Hall–Kier alpha value is -2.26. The van der Waals surface area contributed by atoms with E-state index in [1.54, 1.807) is 13.8 Å². The molecule has 0 saturated heterocycles. The number of rotatable bonds is 9. The van der Waals surface area contributed by atoms with Gasteiger partial charge in [0.15, 0.2) is 12.1 Å². The summed E-state index contributed by atoms with van der Waals surface area (Å²) in [7, 11) is -8.11. The summed E-state index contributed by atoms with van der Waals surface area (Å²) >= 11 is 0. The number of hydrogen-bond acceptors (Lipinski definition) is 4. The van der Waals surface area contributed by atoms with Gasteiger partial charge in [0.2, 0.25) is 12.7 Å². The quantitative estimate of drug-likeness (QED) is 0.148. The van der Waals surface area contributed by atoms with E-state index in [1.165, 1.54) is 0 Å². The SMILES string of the molecule is CC(=NCCN=C(C)C(C(C)O)n1cc[n+](C)c1)C(C(C)O)n1cc[n+](C)c1.F[B-](F)(F)F.F[B-](F)(F)F.[Ni]. The molecule has 0 aromatic carbocycles. The van der Waals surface area contributed by atoms with Gasteiger partial charge >= 0.3 is 14.5 Å². The molecule has 19 heteroatoms. The molecule has 39 heavy (non-hydrogen) atoms. The molecule has 0 saturated carbocycles. The molecule has 0 aliphatic carbocycles. The molecule has 2 N–H and O–H groups in total. The molecular formula is C20H34B2F8N6NiO2. The molecule has 4 unspecified atom stereocenters. The van der Waals surface area contributed by atoms with Crippen LogP contribution in [0.15, 0.2) is 47.4 Å². The Morgan fingerprint density at radius 1 is 0.718 bits per heavy atom. The smallest absolute Gasteiger partial charge is 0.418 e. The Labute approximate surface area is 232 Å². The third kappa shape index (κ3) is 18.6. The zero-order chi connectivity index (χ0) is 29.8. The van der Waals surface area contributed by atoms with Crippen molar-refractivity contribution in [3.05, 3.63) is 37.4 Å². The number of aliphatic imine (C=N–C) groups is 2. The van der Waals surface area contributed by atoms with Gasteiger partial charge in [-0.3, -0.25) is 9.98 Å². The Kier molecular flexibility index (Phi) is 17.4. The molecule has 0 radical (unpaired) electrons. The van der Waals surface area contributed by atoms with Gasteiger partial charge in [-0.05, 0) is 27.7 Å². The van der Waals surface area contributed by atoms with Crippen LogP contribution >= 0.6 is 0 Å². The first kappa shape index (κ1) is 38.9. The Morgan fingerprint density at radius 2 is 0.974 bits per heavy atom. The van der Waals surface area contributed by atoms with Crippen LogP contribution in [-0.4, -0.2) is 70.6 Å². The molecule has 0 spiro atoms. The molecule has 0 aliphatic rings. The van der Waals surface area contributed by atoms with E-state index in [2.05, 4.69) is 9.98 Å². The van der Waals surface area contributed by atoms with Gasteiger partial charge in [0.1, 0.15) is 24.8 Å². The van der Waals surface area contributed by atoms with Gasteiger partial charge in [-0.2, -0.15) is 0 Å². The molecular weight excluding hydrogens is 589 g/mol. The molecule has 0 aliphatic heterocycles. The number of nitrogens with zero attached hydrogens (tertiary/aromatic N) is 6. The summed E-state index contributed by atoms with van der Waals surface area (Å²) in [6.07, 6.45) is 10.5. The minimum absolute atomic E-state index is 0. The average molecular weight is 623 g/mol. The van der Waals surface area contributed by atoms with Gasteiger partial charge < -0.3 is 44.7 Å². The van der Waals surface area contributed by atoms with Crippen molar-refractivity contribution in [1.29, 1.82) is 0 Å². The zero-order valence-electron chi connectivity index (χ0n) is 22.3. The number of halogens is 8. The fourth-order valence-electron chi connectivity index (χ4n) is 3.54. The van der Waals surface area contributed by atoms with Gasteiger partial charge in [0.05, 0.1) is 50.8 Å². The van der Waals surface area contributed by atoms with Crippen LogP contribution in [0.2, 0.25) is 0 Å². The number of imidazole rings is 2. The van der Waals surface area contributed by atoms with E-state index < -0.39 is 26.7 Å². The molecule has 0 fully saturated rings. The van der Waals surface area contributed by atoms with Crippen molar-refractivity contribution in [3.63, 3.8) is 0 Å². The molecule has 2 rings (SSSR count). The summed E-state index contributed by atoms with van der Waals surface area (Å²) in [5.74, 6) is 0. The van der Waals surface area contributed by atoms with E-state index >= 15 is 0 Å². The normalized spacial score (nSPS) is 15.6. The summed E-state index contributed by atoms with van der Waals surface area (Å²) in [5, 5.41) is 20.4. The monoisotopic (exact) mass is 622 g/mol. The first-order valence-corrected chi connectivity index (χ1v) is 11.4. The van der Waals surface area contributed by atoms with Crippen LogP contribution in [0, 0.1) is 0 Å². The Balaban J connectivity index is 0. The summed E-state index contributed by atoms with van der Waals surface area (Å²) in [6, 6.07) is -0.396. The first-order chi connectivity index (χ1) is 17.2. The van der Waals surface area contributed by atoms with Crippen molar-refractivity contribution in [2.75, 3.05) is 13.1 Å². The van der Waals surface area contributed by atoms with E-state index in [0.717, 1.165) is 11.4 Å². The maximum atomic E-state index is 10.2. The van der Waals surface area contributed by atoms with Crippen LogP contribution in [0.5, 0.6) is 0 Å². The van der Waals surface area contributed by atoms with Crippen molar-refractivity contribution < 1.29 is 70.4 Å². The summed E-state index contributed by atoms with van der Waals surface area (Å²) < 4.78 is 85.8. The zero-order valence-corrected chi connectivity index (χ0v) is 23.2. The molecule has 2 heterocycles. The fraction of sp³-hybridized carbons (Fsp3) is 0.600. The molecule has 0 amide bonds. The molecule has 4 atom stereocenters. The van der Waals surface area contributed by atoms with Gasteiger partial charge in [-0.15, -0.1) is 0 Å². The Bertz CT molecular complexity index is 936.